The smallest absolute Gasteiger partial charge is 0.284 e. The maximum Gasteiger partial charge on any atom is 0.284 e. The highest BCUT2D eigenvalue weighted by molar-refractivity contribution is 8.03. The molecule has 0 aliphatic rings. The summed E-state index contributed by atoms with van der Waals surface area (Å²) in [6, 6.07) is 0. The van der Waals surface area contributed by atoms with E-state index in [0.717, 1.165) is 0 Å². The Kier molecular flexibility index (Phi) is 9.55. The molecule has 0 aromatic heterocycles. The van der Waals surface area contributed by atoms with Crippen LogP contribution in [0.25, 0.3) is 0 Å². The lowest BCUT2D eigenvalue weighted by Crippen LogP contribution is -2.29. The Hall–Kier alpha value is -0.0700. The minimum atomic E-state index is -4.81. The van der Waals surface area contributed by atoms with Crippen LogP contribution in [0.15, 0.2) is 0 Å². The molecule has 0 spiro atoms. The van der Waals surface area contributed by atoms with Crippen molar-refractivity contribution in [1.29, 1.82) is 0 Å². The van der Waals surface area contributed by atoms with Crippen molar-refractivity contribution < 1.29 is 51.9 Å². The summed E-state index contributed by atoms with van der Waals surface area (Å²) in [7, 11) is -18.2. The highest BCUT2D eigenvalue weighted by Gasteiger charge is 2.34. The predicted molar refractivity (Wildman–Crippen MR) is 75.1 cm³/mol. The van der Waals surface area contributed by atoms with Crippen molar-refractivity contribution in [2.45, 2.75) is 11.0 Å². The molecule has 0 saturated carbocycles. The van der Waals surface area contributed by atoms with E-state index in [1.165, 1.54) is 0 Å². The molecule has 22 heavy (non-hydrogen) atoms. The normalized spacial score (nSPS) is 13.5. The minimum Gasteiger partial charge on any atom is -0.286 e. The summed E-state index contributed by atoms with van der Waals surface area (Å²) in [4.78, 5) is 0. The van der Waals surface area contributed by atoms with Gasteiger partial charge < -0.3 is 0 Å². The van der Waals surface area contributed by atoms with Crippen LogP contribution in [-0.4, -0.2) is 73.8 Å². The van der Waals surface area contributed by atoms with E-state index < -0.39 is 63.0 Å². The van der Waals surface area contributed by atoms with Crippen molar-refractivity contribution in [3.05, 3.63) is 0 Å². The van der Waals surface area contributed by atoms with Gasteiger partial charge in [0.25, 0.3) is 40.5 Å². The van der Waals surface area contributed by atoms with Crippen molar-refractivity contribution in [3.8, 4) is 0 Å². The summed E-state index contributed by atoms with van der Waals surface area (Å²) >= 11 is 5.06. The average Bonchev–Trinajstić information content (AvgIpc) is 2.19. The Bertz CT molecular complexity index is 680. The quantitative estimate of drug-likeness (QED) is 0.268. The highest BCUT2D eigenvalue weighted by atomic mass is 35.5. The molecule has 136 valence electrons. The maximum absolute atomic E-state index is 10.3. The molecule has 0 rings (SSSR count). The van der Waals surface area contributed by atoms with Crippen LogP contribution in [0.3, 0.4) is 0 Å². The van der Waals surface area contributed by atoms with E-state index in [4.69, 9.17) is 29.8 Å². The molecule has 0 bridgehead atoms. The summed E-state index contributed by atoms with van der Waals surface area (Å²) in [6.07, 6.45) is -0.556. The monoisotopic (exact) mass is 428 g/mol. The lowest BCUT2D eigenvalue weighted by Gasteiger charge is -2.07. The maximum atomic E-state index is 10.3. The van der Waals surface area contributed by atoms with Gasteiger partial charge in [-0.2, -0.15) is 33.7 Å². The SMILES string of the molecule is O=S(=O)(O)C(CCCl)S(=O)(=O)O.O=S(=O)(O)CCS(=O)(=O)O. The van der Waals surface area contributed by atoms with Gasteiger partial charge in [0.2, 0.25) is 4.58 Å². The van der Waals surface area contributed by atoms with E-state index in [2.05, 4.69) is 0 Å². The molecule has 4 N–H and O–H groups in total. The molecular weight excluding hydrogens is 416 g/mol. The summed E-state index contributed by atoms with van der Waals surface area (Å²) in [5.74, 6) is -2.26. The molecule has 17 heteroatoms. The lowest BCUT2D eigenvalue weighted by molar-refractivity contribution is 0.452. The Morgan fingerprint density at radius 2 is 0.955 bits per heavy atom. The molecule has 0 aliphatic heterocycles. The fraction of sp³-hybridized carbons (Fsp3) is 1.00. The Balaban J connectivity index is 0. The topological polar surface area (TPSA) is 217 Å². The standard InChI is InChI=1S/C3H7ClO6S2.C2H6O6S2/c4-2-1-3(11(5,6)7)12(8,9)10;3-9(4,5)1-2-10(6,7)8/h3H,1-2H2,(H,5,6,7)(H,8,9,10);1-2H2,(H,3,4,5)(H,6,7,8). The first-order chi connectivity index (χ1) is 9.40. The molecule has 0 radical (unpaired) electrons. The van der Waals surface area contributed by atoms with Crippen LogP contribution in [0.5, 0.6) is 0 Å². The largest absolute Gasteiger partial charge is 0.286 e. The number of hydrogen-bond acceptors (Lipinski definition) is 8. The predicted octanol–water partition coefficient (Wildman–Crippen LogP) is -1.52. The summed E-state index contributed by atoms with van der Waals surface area (Å²) in [6.45, 7) is 0. The highest BCUT2D eigenvalue weighted by Crippen LogP contribution is 2.11. The first kappa shape index (κ1) is 24.2. The van der Waals surface area contributed by atoms with Gasteiger partial charge in [0, 0.05) is 5.88 Å². The van der Waals surface area contributed by atoms with Crippen molar-refractivity contribution in [2.24, 2.45) is 0 Å². The lowest BCUT2D eigenvalue weighted by atomic mass is 10.6. The molecule has 0 aromatic carbocycles. The summed E-state index contributed by atoms with van der Waals surface area (Å²) in [5.41, 5.74) is 0. The van der Waals surface area contributed by atoms with Crippen LogP contribution in [0.1, 0.15) is 6.42 Å². The molecule has 12 nitrogen and oxygen atoms in total. The van der Waals surface area contributed by atoms with Gasteiger partial charge in [0.15, 0.2) is 0 Å². The van der Waals surface area contributed by atoms with Gasteiger partial charge in [-0.1, -0.05) is 0 Å². The van der Waals surface area contributed by atoms with Crippen molar-refractivity contribution in [1.82, 2.24) is 0 Å². The molecule has 0 unspecified atom stereocenters. The first-order valence-corrected chi connectivity index (χ1v) is 11.5. The molecule has 0 aliphatic carbocycles. The molecule has 0 atom stereocenters. The molecule has 0 heterocycles. The number of rotatable bonds is 7. The second-order valence-electron chi connectivity index (χ2n) is 3.51. The third kappa shape index (κ3) is 14.9. The molecular formula is C5H13ClO12S4. The Morgan fingerprint density at radius 3 is 1.05 bits per heavy atom. The van der Waals surface area contributed by atoms with Crippen LogP contribution >= 0.6 is 11.6 Å². The summed E-state index contributed by atoms with van der Waals surface area (Å²) < 4.78 is 111. The van der Waals surface area contributed by atoms with E-state index in [9.17, 15) is 33.7 Å². The van der Waals surface area contributed by atoms with Gasteiger partial charge in [-0.15, -0.1) is 11.6 Å². The molecule has 0 fully saturated rings. The van der Waals surface area contributed by atoms with Gasteiger partial charge >= 0.3 is 0 Å². The van der Waals surface area contributed by atoms with Gasteiger partial charge in [-0.25, -0.2) is 0 Å². The second-order valence-corrected chi connectivity index (χ2v) is 10.5. The van der Waals surface area contributed by atoms with Crippen LogP contribution in [0.2, 0.25) is 0 Å². The van der Waals surface area contributed by atoms with Crippen LogP contribution < -0.4 is 0 Å². The Labute approximate surface area is 132 Å². The zero-order valence-electron chi connectivity index (χ0n) is 10.5. The fourth-order valence-electron chi connectivity index (χ4n) is 0.751. The fourth-order valence-corrected chi connectivity index (χ4v) is 4.97. The van der Waals surface area contributed by atoms with Crippen LogP contribution in [0.4, 0.5) is 0 Å². The van der Waals surface area contributed by atoms with Crippen LogP contribution in [0, 0.1) is 0 Å². The van der Waals surface area contributed by atoms with Gasteiger partial charge in [-0.05, 0) is 6.42 Å². The van der Waals surface area contributed by atoms with Crippen molar-refractivity contribution >= 4 is 52.1 Å². The first-order valence-electron chi connectivity index (χ1n) is 4.79. The zero-order chi connectivity index (χ0) is 18.4. The molecule has 0 amide bonds. The second kappa shape index (κ2) is 8.69. The van der Waals surface area contributed by atoms with Gasteiger partial charge in [-0.3, -0.25) is 18.2 Å². The van der Waals surface area contributed by atoms with Crippen molar-refractivity contribution in [2.75, 3.05) is 17.4 Å². The number of hydrogen-bond donors (Lipinski definition) is 4. The van der Waals surface area contributed by atoms with E-state index in [0.29, 0.717) is 0 Å². The molecule has 0 saturated heterocycles. The van der Waals surface area contributed by atoms with E-state index in [1.54, 1.807) is 0 Å². The van der Waals surface area contributed by atoms with E-state index in [1.807, 2.05) is 0 Å². The van der Waals surface area contributed by atoms with Crippen LogP contribution in [-0.2, 0) is 40.5 Å². The number of halogens is 1. The minimum absolute atomic E-state index is 0.301. The van der Waals surface area contributed by atoms with Crippen molar-refractivity contribution in [3.63, 3.8) is 0 Å². The Morgan fingerprint density at radius 1 is 0.682 bits per heavy atom. The zero-order valence-corrected chi connectivity index (χ0v) is 14.5. The van der Waals surface area contributed by atoms with Gasteiger partial charge in [0.05, 0.1) is 11.5 Å². The summed E-state index contributed by atoms with van der Waals surface area (Å²) in [5, 5.41) is 0. The average molecular weight is 429 g/mol. The van der Waals surface area contributed by atoms with Gasteiger partial charge in [0.1, 0.15) is 0 Å². The van der Waals surface area contributed by atoms with E-state index >= 15 is 0 Å². The molecule has 0 aromatic rings. The third-order valence-corrected chi connectivity index (χ3v) is 6.78. The number of alkyl halides is 1. The third-order valence-electron chi connectivity index (χ3n) is 1.61. The van der Waals surface area contributed by atoms with E-state index in [-0.39, 0.29) is 5.88 Å².